The smallest absolute Gasteiger partial charge is 0.120 e. The molecule has 18 heavy (non-hydrogen) atoms. The lowest BCUT2D eigenvalue weighted by Crippen LogP contribution is -1.96. The van der Waals surface area contributed by atoms with E-state index in [-0.39, 0.29) is 0 Å². The van der Waals surface area contributed by atoms with Crippen molar-refractivity contribution in [3.8, 4) is 17.3 Å². The predicted molar refractivity (Wildman–Crippen MR) is 69.6 cm³/mol. The molecule has 0 spiro atoms. The molecule has 0 atom stereocenters. The number of oxime groups is 1. The molecule has 0 aliphatic carbocycles. The Hall–Kier alpha value is -2.54. The molecule has 0 fully saturated rings. The van der Waals surface area contributed by atoms with E-state index < -0.39 is 0 Å². The van der Waals surface area contributed by atoms with E-state index in [9.17, 15) is 0 Å². The molecule has 1 N–H and O–H groups in total. The van der Waals surface area contributed by atoms with Crippen molar-refractivity contribution in [2.45, 2.75) is 6.92 Å². The van der Waals surface area contributed by atoms with Gasteiger partial charge in [-0.25, -0.2) is 0 Å². The van der Waals surface area contributed by atoms with Crippen LogP contribution in [0.3, 0.4) is 0 Å². The highest BCUT2D eigenvalue weighted by atomic mass is 16.4. The van der Waals surface area contributed by atoms with E-state index in [1.807, 2.05) is 41.9 Å². The lowest BCUT2D eigenvalue weighted by Gasteiger charge is -2.05. The quantitative estimate of drug-likeness (QED) is 0.497. The van der Waals surface area contributed by atoms with Crippen LogP contribution in [-0.2, 0) is 7.05 Å². The zero-order valence-electron chi connectivity index (χ0n) is 10.3. The molecule has 0 amide bonds. The van der Waals surface area contributed by atoms with Gasteiger partial charge in [-0.3, -0.25) is 0 Å². The van der Waals surface area contributed by atoms with E-state index in [1.165, 1.54) is 0 Å². The summed E-state index contributed by atoms with van der Waals surface area (Å²) in [4.78, 5) is 0. The fraction of sp³-hybridized carbons (Fsp3) is 0.143. The Kier molecular flexibility index (Phi) is 3.16. The maximum Gasteiger partial charge on any atom is 0.120 e. The van der Waals surface area contributed by atoms with Crippen LogP contribution in [0.5, 0.6) is 0 Å². The summed E-state index contributed by atoms with van der Waals surface area (Å²) in [5, 5.41) is 20.8. The standard InChI is InChI=1S/C14H13N3O/c1-10(16-18)11-3-5-12(6-4-11)14-8-7-13(9-15)17(14)2/h3-8,18H,1-2H3/b16-10-. The van der Waals surface area contributed by atoms with Crippen LogP contribution in [0.1, 0.15) is 18.2 Å². The van der Waals surface area contributed by atoms with Gasteiger partial charge in [0.1, 0.15) is 11.8 Å². The van der Waals surface area contributed by atoms with Gasteiger partial charge >= 0.3 is 0 Å². The molecule has 2 rings (SSSR count). The minimum absolute atomic E-state index is 0.575. The van der Waals surface area contributed by atoms with E-state index >= 15 is 0 Å². The number of rotatable bonds is 2. The van der Waals surface area contributed by atoms with Crippen LogP contribution in [0.25, 0.3) is 11.3 Å². The van der Waals surface area contributed by atoms with Crippen LogP contribution in [0.4, 0.5) is 0 Å². The van der Waals surface area contributed by atoms with Gasteiger partial charge < -0.3 is 9.77 Å². The molecule has 90 valence electrons. The Bertz CT molecular complexity index is 630. The van der Waals surface area contributed by atoms with Crippen molar-refractivity contribution in [2.24, 2.45) is 12.2 Å². The highest BCUT2D eigenvalue weighted by molar-refractivity contribution is 5.98. The average molecular weight is 239 g/mol. The molecule has 0 saturated carbocycles. The minimum Gasteiger partial charge on any atom is -0.411 e. The Labute approximate surface area is 105 Å². The Morgan fingerprint density at radius 1 is 1.22 bits per heavy atom. The number of hydrogen-bond acceptors (Lipinski definition) is 3. The second-order valence-electron chi connectivity index (χ2n) is 4.04. The summed E-state index contributed by atoms with van der Waals surface area (Å²) in [7, 11) is 1.86. The van der Waals surface area contributed by atoms with Crippen LogP contribution in [0.15, 0.2) is 41.6 Å². The lowest BCUT2D eigenvalue weighted by atomic mass is 10.1. The van der Waals surface area contributed by atoms with Gasteiger partial charge in [0.05, 0.1) is 5.71 Å². The summed E-state index contributed by atoms with van der Waals surface area (Å²) in [6, 6.07) is 13.5. The molecule has 1 heterocycles. The van der Waals surface area contributed by atoms with E-state index in [4.69, 9.17) is 10.5 Å². The van der Waals surface area contributed by atoms with Crippen molar-refractivity contribution in [1.82, 2.24) is 4.57 Å². The van der Waals surface area contributed by atoms with Crippen molar-refractivity contribution >= 4 is 5.71 Å². The third kappa shape index (κ3) is 1.98. The third-order valence-electron chi connectivity index (χ3n) is 2.98. The van der Waals surface area contributed by atoms with E-state index in [0.717, 1.165) is 16.8 Å². The Morgan fingerprint density at radius 2 is 1.89 bits per heavy atom. The molecular weight excluding hydrogens is 226 g/mol. The molecule has 0 aliphatic heterocycles. The van der Waals surface area contributed by atoms with Crippen molar-refractivity contribution in [3.63, 3.8) is 0 Å². The van der Waals surface area contributed by atoms with Gasteiger partial charge in [-0.1, -0.05) is 29.4 Å². The van der Waals surface area contributed by atoms with Gasteiger partial charge in [0, 0.05) is 12.7 Å². The van der Waals surface area contributed by atoms with Crippen LogP contribution >= 0.6 is 0 Å². The zero-order valence-corrected chi connectivity index (χ0v) is 10.3. The third-order valence-corrected chi connectivity index (χ3v) is 2.98. The molecule has 4 heteroatoms. The first-order chi connectivity index (χ1) is 8.67. The molecule has 0 radical (unpaired) electrons. The number of hydrogen-bond donors (Lipinski definition) is 1. The maximum absolute atomic E-state index is 8.91. The van der Waals surface area contributed by atoms with Gasteiger partial charge in [-0.2, -0.15) is 5.26 Å². The van der Waals surface area contributed by atoms with Crippen molar-refractivity contribution in [2.75, 3.05) is 0 Å². The molecular formula is C14H13N3O. The molecule has 2 aromatic rings. The van der Waals surface area contributed by atoms with E-state index in [1.54, 1.807) is 13.0 Å². The molecule has 1 aromatic heterocycles. The molecule has 0 bridgehead atoms. The van der Waals surface area contributed by atoms with Crippen molar-refractivity contribution in [3.05, 3.63) is 47.7 Å². The summed E-state index contributed by atoms with van der Waals surface area (Å²) in [6.45, 7) is 1.74. The van der Waals surface area contributed by atoms with Gasteiger partial charge in [-0.15, -0.1) is 0 Å². The second-order valence-corrected chi connectivity index (χ2v) is 4.04. The molecule has 0 saturated heterocycles. The highest BCUT2D eigenvalue weighted by Crippen LogP contribution is 2.21. The molecule has 4 nitrogen and oxygen atoms in total. The SMILES string of the molecule is C/C(=N/O)c1ccc(-c2ccc(C#N)n2C)cc1. The van der Waals surface area contributed by atoms with E-state index in [0.29, 0.717) is 11.4 Å². The normalized spacial score (nSPS) is 11.3. The van der Waals surface area contributed by atoms with Crippen LogP contribution in [0.2, 0.25) is 0 Å². The highest BCUT2D eigenvalue weighted by Gasteiger charge is 2.06. The van der Waals surface area contributed by atoms with Gasteiger partial charge in [0.15, 0.2) is 0 Å². The average Bonchev–Trinajstić information content (AvgIpc) is 2.79. The summed E-state index contributed by atoms with van der Waals surface area (Å²) in [6.07, 6.45) is 0. The second kappa shape index (κ2) is 4.76. The summed E-state index contributed by atoms with van der Waals surface area (Å²) >= 11 is 0. The van der Waals surface area contributed by atoms with E-state index in [2.05, 4.69) is 11.2 Å². The summed E-state index contributed by atoms with van der Waals surface area (Å²) < 4.78 is 1.85. The van der Waals surface area contributed by atoms with Crippen LogP contribution in [0, 0.1) is 11.3 Å². The molecule has 0 unspecified atom stereocenters. The monoisotopic (exact) mass is 239 g/mol. The topological polar surface area (TPSA) is 61.3 Å². The van der Waals surface area contributed by atoms with Gasteiger partial charge in [0.25, 0.3) is 0 Å². The number of benzene rings is 1. The first kappa shape index (κ1) is 11.9. The largest absolute Gasteiger partial charge is 0.411 e. The predicted octanol–water partition coefficient (Wildman–Crippen LogP) is 2.76. The summed E-state index contributed by atoms with van der Waals surface area (Å²) in [5.41, 5.74) is 4.08. The fourth-order valence-electron chi connectivity index (χ4n) is 1.85. The van der Waals surface area contributed by atoms with Gasteiger partial charge in [-0.05, 0) is 30.2 Å². The molecule has 1 aromatic carbocycles. The Morgan fingerprint density at radius 3 is 2.39 bits per heavy atom. The van der Waals surface area contributed by atoms with Crippen molar-refractivity contribution < 1.29 is 5.21 Å². The number of nitrogens with zero attached hydrogens (tertiary/aromatic N) is 3. The fourth-order valence-corrected chi connectivity index (χ4v) is 1.85. The zero-order chi connectivity index (χ0) is 13.1. The van der Waals surface area contributed by atoms with Crippen LogP contribution < -0.4 is 0 Å². The first-order valence-electron chi connectivity index (χ1n) is 5.52. The van der Waals surface area contributed by atoms with Gasteiger partial charge in [0.2, 0.25) is 0 Å². The first-order valence-corrected chi connectivity index (χ1v) is 5.52. The lowest BCUT2D eigenvalue weighted by molar-refractivity contribution is 0.319. The number of aromatic nitrogens is 1. The number of nitriles is 1. The van der Waals surface area contributed by atoms with Crippen LogP contribution in [-0.4, -0.2) is 15.5 Å². The maximum atomic E-state index is 8.91. The summed E-state index contributed by atoms with van der Waals surface area (Å²) in [5.74, 6) is 0. The minimum atomic E-state index is 0.575. The molecule has 0 aliphatic rings. The van der Waals surface area contributed by atoms with Crippen molar-refractivity contribution in [1.29, 1.82) is 5.26 Å². The Balaban J connectivity index is 2.41.